The van der Waals surface area contributed by atoms with Crippen molar-refractivity contribution in [3.8, 4) is 0 Å². The van der Waals surface area contributed by atoms with Crippen LogP contribution in [0, 0.1) is 11.3 Å². The lowest BCUT2D eigenvalue weighted by molar-refractivity contribution is -0.137. The molecule has 0 radical (unpaired) electrons. The van der Waals surface area contributed by atoms with Crippen LogP contribution in [0.25, 0.3) is 0 Å². The maximum Gasteiger partial charge on any atom is 0.240 e. The number of nitrogens with zero attached hydrogens (tertiary/aromatic N) is 6. The molecule has 0 spiro atoms. The van der Waals surface area contributed by atoms with E-state index in [0.29, 0.717) is 23.9 Å². The minimum Gasteiger partial charge on any atom is -0.378 e. The molecule has 49 heavy (non-hydrogen) atoms. The van der Waals surface area contributed by atoms with Gasteiger partial charge in [-0.05, 0) is 98.2 Å². The van der Waals surface area contributed by atoms with Crippen molar-refractivity contribution in [2.45, 2.75) is 82.8 Å². The number of likely N-dealkylation sites (tertiary alicyclic amines) is 2. The molecule has 11 heteroatoms. The summed E-state index contributed by atoms with van der Waals surface area (Å²) in [5.74, 6) is 0.856. The highest BCUT2D eigenvalue weighted by atomic mass is 35.5. The van der Waals surface area contributed by atoms with Crippen LogP contribution < -0.4 is 15.5 Å². The number of piperidine rings is 2. The molecule has 2 saturated heterocycles. The predicted molar refractivity (Wildman–Crippen MR) is 196 cm³/mol. The van der Waals surface area contributed by atoms with Crippen LogP contribution in [0.3, 0.4) is 0 Å². The Bertz CT molecular complexity index is 1470. The fraction of sp³-hybridized carbons (Fsp3) is 0.579. The van der Waals surface area contributed by atoms with Crippen molar-refractivity contribution in [1.82, 2.24) is 29.9 Å². The molecular weight excluding hydrogens is 636 g/mol. The molecule has 6 rings (SSSR count). The van der Waals surface area contributed by atoms with Gasteiger partial charge in [0.2, 0.25) is 11.8 Å². The van der Waals surface area contributed by atoms with Gasteiger partial charge in [0.25, 0.3) is 0 Å². The van der Waals surface area contributed by atoms with Crippen LogP contribution in [0.5, 0.6) is 0 Å². The third-order valence-corrected chi connectivity index (χ3v) is 11.4. The lowest BCUT2D eigenvalue weighted by Gasteiger charge is -2.48. The minimum absolute atomic E-state index is 0.00183. The van der Waals surface area contributed by atoms with E-state index >= 15 is 0 Å². The number of halogens is 1. The van der Waals surface area contributed by atoms with Gasteiger partial charge in [-0.25, -0.2) is 4.98 Å². The van der Waals surface area contributed by atoms with E-state index < -0.39 is 0 Å². The van der Waals surface area contributed by atoms with E-state index in [1.165, 1.54) is 32.1 Å². The average molecular weight is 689 g/mol. The van der Waals surface area contributed by atoms with Crippen LogP contribution in [0.15, 0.2) is 61.2 Å². The summed E-state index contributed by atoms with van der Waals surface area (Å²) in [6.07, 6.45) is 14.3. The average Bonchev–Trinajstić information content (AvgIpc) is 3.63. The molecule has 264 valence electrons. The molecule has 1 aliphatic carbocycles. The molecule has 10 nitrogen and oxygen atoms in total. The first-order valence-electron chi connectivity index (χ1n) is 18.2. The van der Waals surface area contributed by atoms with Crippen LogP contribution >= 0.6 is 11.6 Å². The Labute approximate surface area is 296 Å². The van der Waals surface area contributed by atoms with E-state index in [9.17, 15) is 9.59 Å². The largest absolute Gasteiger partial charge is 0.378 e. The Hall–Kier alpha value is -3.47. The summed E-state index contributed by atoms with van der Waals surface area (Å²) in [7, 11) is 4.00. The van der Waals surface area contributed by atoms with Gasteiger partial charge in [-0.15, -0.1) is 0 Å². The predicted octanol–water partition coefficient (Wildman–Crippen LogP) is 5.49. The highest BCUT2D eigenvalue weighted by Gasteiger charge is 2.44. The molecule has 2 aliphatic heterocycles. The Morgan fingerprint density at radius 1 is 0.939 bits per heavy atom. The molecule has 1 aromatic heterocycles. The maximum atomic E-state index is 14.3. The fourth-order valence-corrected chi connectivity index (χ4v) is 8.43. The van der Waals surface area contributed by atoms with Crippen LogP contribution in [0.2, 0.25) is 5.02 Å². The highest BCUT2D eigenvalue weighted by Crippen LogP contribution is 2.47. The second-order valence-corrected chi connectivity index (χ2v) is 15.1. The third-order valence-electron chi connectivity index (χ3n) is 11.2. The Morgan fingerprint density at radius 2 is 1.63 bits per heavy atom. The number of hydrogen-bond acceptors (Lipinski definition) is 7. The third kappa shape index (κ3) is 9.41. The Morgan fingerprint density at radius 3 is 2.27 bits per heavy atom. The summed E-state index contributed by atoms with van der Waals surface area (Å²) in [4.78, 5) is 37.8. The molecule has 3 aromatic rings. The van der Waals surface area contributed by atoms with Gasteiger partial charge in [0.1, 0.15) is 12.7 Å². The molecule has 1 saturated carbocycles. The molecule has 0 unspecified atom stereocenters. The first-order valence-corrected chi connectivity index (χ1v) is 18.6. The molecule has 1 atom stereocenters. The van der Waals surface area contributed by atoms with Crippen LogP contribution in [0.1, 0.15) is 63.4 Å². The molecular formula is C38H53ClN8O2. The van der Waals surface area contributed by atoms with Gasteiger partial charge in [0, 0.05) is 69.3 Å². The summed E-state index contributed by atoms with van der Waals surface area (Å²) in [5, 5.41) is 12.0. The highest BCUT2D eigenvalue weighted by molar-refractivity contribution is 6.30. The van der Waals surface area contributed by atoms with Crippen molar-refractivity contribution in [2.24, 2.45) is 11.3 Å². The molecule has 3 heterocycles. The maximum absolute atomic E-state index is 14.3. The molecule has 3 aliphatic rings. The summed E-state index contributed by atoms with van der Waals surface area (Å²) in [6, 6.07) is 15.7. The van der Waals surface area contributed by atoms with E-state index in [4.69, 9.17) is 11.6 Å². The summed E-state index contributed by atoms with van der Waals surface area (Å²) < 4.78 is 2.01. The summed E-state index contributed by atoms with van der Waals surface area (Å²) in [6.45, 7) is 4.40. The standard InChI is InChI=1S/C38H53ClN8O2/c1-44(2)34-14-12-32(13-15-34)43-36(48)25-45-20-16-33(17-21-45)42-35(24-29-8-10-31(39)11-9-29)37(49)46-22-18-38(19-23-46,26-47-28-40-27-41-47)30-6-4-3-5-7-30/h8-15,27-28,30,33,35,42H,3-7,16-26H2,1-2H3,(H,43,48)/t35-/m1/s1. The lowest BCUT2D eigenvalue weighted by atomic mass is 9.63. The number of amides is 2. The second kappa shape index (κ2) is 16.5. The van der Waals surface area contributed by atoms with Gasteiger partial charge in [-0.3, -0.25) is 19.2 Å². The van der Waals surface area contributed by atoms with Gasteiger partial charge in [-0.1, -0.05) is 43.0 Å². The van der Waals surface area contributed by atoms with E-state index in [0.717, 1.165) is 75.3 Å². The lowest BCUT2D eigenvalue weighted by Crippen LogP contribution is -2.56. The number of hydrogen-bond donors (Lipinski definition) is 2. The van der Waals surface area contributed by atoms with Crippen LogP contribution in [-0.2, 0) is 22.6 Å². The summed E-state index contributed by atoms with van der Waals surface area (Å²) in [5.41, 5.74) is 3.15. The van der Waals surface area contributed by atoms with Crippen molar-refractivity contribution < 1.29 is 9.59 Å². The first kappa shape index (κ1) is 35.4. The number of rotatable bonds is 12. The molecule has 2 aromatic carbocycles. The van der Waals surface area contributed by atoms with Gasteiger partial charge in [0.15, 0.2) is 0 Å². The van der Waals surface area contributed by atoms with Gasteiger partial charge < -0.3 is 20.4 Å². The van der Waals surface area contributed by atoms with Crippen molar-refractivity contribution in [2.75, 3.05) is 57.0 Å². The smallest absolute Gasteiger partial charge is 0.240 e. The van der Waals surface area contributed by atoms with E-state index in [1.54, 1.807) is 6.33 Å². The molecule has 0 bridgehead atoms. The second-order valence-electron chi connectivity index (χ2n) is 14.7. The minimum atomic E-state index is -0.316. The topological polar surface area (TPSA) is 98.6 Å². The van der Waals surface area contributed by atoms with E-state index in [-0.39, 0.29) is 29.3 Å². The normalized spacial score (nSPS) is 19.8. The number of carbonyl (C=O) groups is 2. The molecule has 3 fully saturated rings. The van der Waals surface area contributed by atoms with E-state index in [1.807, 2.05) is 78.5 Å². The summed E-state index contributed by atoms with van der Waals surface area (Å²) >= 11 is 6.21. The zero-order valence-electron chi connectivity index (χ0n) is 29.2. The van der Waals surface area contributed by atoms with Crippen molar-refractivity contribution in [1.29, 1.82) is 0 Å². The molecule has 2 N–H and O–H groups in total. The number of benzene rings is 2. The first-order chi connectivity index (χ1) is 23.8. The van der Waals surface area contributed by atoms with Crippen molar-refractivity contribution in [3.63, 3.8) is 0 Å². The van der Waals surface area contributed by atoms with Crippen molar-refractivity contribution in [3.05, 3.63) is 71.8 Å². The van der Waals surface area contributed by atoms with Gasteiger partial charge in [-0.2, -0.15) is 5.10 Å². The number of aromatic nitrogens is 3. The van der Waals surface area contributed by atoms with Crippen molar-refractivity contribution >= 4 is 34.8 Å². The Balaban J connectivity index is 1.06. The zero-order valence-corrected chi connectivity index (χ0v) is 30.0. The zero-order chi connectivity index (χ0) is 34.2. The quantitative estimate of drug-likeness (QED) is 0.260. The van der Waals surface area contributed by atoms with Gasteiger partial charge in [0.05, 0.1) is 12.6 Å². The number of anilines is 2. The number of nitrogens with one attached hydrogen (secondary N) is 2. The number of carbonyl (C=O) groups excluding carboxylic acids is 2. The Kier molecular flexibility index (Phi) is 11.9. The molecule has 2 amide bonds. The van der Waals surface area contributed by atoms with Crippen LogP contribution in [-0.4, -0.2) is 95.3 Å². The SMILES string of the molecule is CN(C)c1ccc(NC(=O)CN2CCC(N[C@H](Cc3ccc(Cl)cc3)C(=O)N3CCC(Cn4cncn4)(C4CCCCC4)CC3)CC2)cc1. The fourth-order valence-electron chi connectivity index (χ4n) is 8.30. The van der Waals surface area contributed by atoms with Crippen LogP contribution in [0.4, 0.5) is 11.4 Å². The monoisotopic (exact) mass is 688 g/mol. The van der Waals surface area contributed by atoms with E-state index in [2.05, 4.69) is 30.5 Å². The van der Waals surface area contributed by atoms with Gasteiger partial charge >= 0.3 is 0 Å².